The van der Waals surface area contributed by atoms with Crippen LogP contribution in [-0.4, -0.2) is 23.7 Å². The molecular formula is C15H19F2NO2. The van der Waals surface area contributed by atoms with E-state index in [4.69, 9.17) is 5.11 Å². The summed E-state index contributed by atoms with van der Waals surface area (Å²) in [7, 11) is 0. The zero-order valence-electron chi connectivity index (χ0n) is 11.4. The van der Waals surface area contributed by atoms with Crippen molar-refractivity contribution in [3.05, 3.63) is 35.4 Å². The molecule has 1 amide bonds. The molecule has 0 saturated heterocycles. The molecule has 0 bridgehead atoms. The van der Waals surface area contributed by atoms with Crippen molar-refractivity contribution in [3.63, 3.8) is 0 Å². The molecule has 0 radical (unpaired) electrons. The van der Waals surface area contributed by atoms with Gasteiger partial charge in [-0.3, -0.25) is 4.79 Å². The molecule has 0 spiro atoms. The van der Waals surface area contributed by atoms with Gasteiger partial charge in [0.1, 0.15) is 11.6 Å². The van der Waals surface area contributed by atoms with E-state index in [1.165, 1.54) is 12.1 Å². The Labute approximate surface area is 117 Å². The Morgan fingerprint density at radius 1 is 1.50 bits per heavy atom. The van der Waals surface area contributed by atoms with Gasteiger partial charge in [-0.05, 0) is 36.8 Å². The van der Waals surface area contributed by atoms with Gasteiger partial charge in [0, 0.05) is 24.6 Å². The summed E-state index contributed by atoms with van der Waals surface area (Å²) in [6, 6.07) is 3.43. The molecule has 1 aliphatic rings. The number of halogens is 2. The van der Waals surface area contributed by atoms with E-state index >= 15 is 0 Å². The van der Waals surface area contributed by atoms with Crippen LogP contribution < -0.4 is 5.32 Å². The fourth-order valence-corrected chi connectivity index (χ4v) is 2.47. The molecule has 1 aliphatic carbocycles. The third-order valence-electron chi connectivity index (χ3n) is 3.81. The van der Waals surface area contributed by atoms with Crippen LogP contribution in [0.5, 0.6) is 0 Å². The number of rotatable bonds is 6. The van der Waals surface area contributed by atoms with Gasteiger partial charge in [-0.2, -0.15) is 0 Å². The molecule has 0 aliphatic heterocycles. The first-order valence-corrected chi connectivity index (χ1v) is 6.93. The number of aliphatic hydroxyl groups is 1. The van der Waals surface area contributed by atoms with Crippen LogP contribution in [0.3, 0.4) is 0 Å². The van der Waals surface area contributed by atoms with Crippen molar-refractivity contribution in [2.45, 2.75) is 38.1 Å². The second-order valence-electron chi connectivity index (χ2n) is 5.24. The number of nitrogens with one attached hydrogen (secondary N) is 1. The number of carbonyl (C=O) groups is 1. The molecule has 0 heterocycles. The summed E-state index contributed by atoms with van der Waals surface area (Å²) in [5.41, 5.74) is 0.404. The summed E-state index contributed by atoms with van der Waals surface area (Å²) in [6.07, 6.45) is 1.85. The summed E-state index contributed by atoms with van der Waals surface area (Å²) < 4.78 is 26.5. The highest BCUT2D eigenvalue weighted by molar-refractivity contribution is 5.83. The van der Waals surface area contributed by atoms with Crippen LogP contribution in [0.15, 0.2) is 18.2 Å². The van der Waals surface area contributed by atoms with Crippen molar-refractivity contribution < 1.29 is 18.7 Å². The average molecular weight is 283 g/mol. The lowest BCUT2D eigenvalue weighted by molar-refractivity contribution is -0.123. The topological polar surface area (TPSA) is 49.3 Å². The first-order valence-electron chi connectivity index (χ1n) is 6.93. The van der Waals surface area contributed by atoms with E-state index in [9.17, 15) is 13.6 Å². The third-order valence-corrected chi connectivity index (χ3v) is 3.81. The van der Waals surface area contributed by atoms with Crippen LogP contribution in [0.4, 0.5) is 8.78 Å². The predicted octanol–water partition coefficient (Wildman–Crippen LogP) is 2.35. The van der Waals surface area contributed by atoms with Gasteiger partial charge < -0.3 is 10.4 Å². The summed E-state index contributed by atoms with van der Waals surface area (Å²) in [4.78, 5) is 12.0. The highest BCUT2D eigenvalue weighted by Crippen LogP contribution is 2.48. The highest BCUT2D eigenvalue weighted by atomic mass is 19.1. The van der Waals surface area contributed by atoms with Gasteiger partial charge in [0.05, 0.1) is 0 Å². The van der Waals surface area contributed by atoms with Crippen LogP contribution in [0, 0.1) is 17.6 Å². The molecule has 1 fully saturated rings. The van der Waals surface area contributed by atoms with Crippen LogP contribution in [-0.2, 0) is 4.79 Å². The second kappa shape index (κ2) is 6.31. The minimum Gasteiger partial charge on any atom is -0.396 e. The highest BCUT2D eigenvalue weighted by Gasteiger charge is 2.45. The SMILES string of the molecule is CCC(CCO)NC(=O)C1CC1c1ccc(F)cc1F. The molecule has 2 N–H and O–H groups in total. The predicted molar refractivity (Wildman–Crippen MR) is 71.1 cm³/mol. The lowest BCUT2D eigenvalue weighted by Gasteiger charge is -2.15. The summed E-state index contributed by atoms with van der Waals surface area (Å²) >= 11 is 0. The van der Waals surface area contributed by atoms with E-state index in [1.54, 1.807) is 0 Å². The molecule has 1 aromatic carbocycles. The molecule has 1 aromatic rings. The quantitative estimate of drug-likeness (QED) is 0.842. The molecule has 20 heavy (non-hydrogen) atoms. The summed E-state index contributed by atoms with van der Waals surface area (Å²) in [6.45, 7) is 1.96. The number of amides is 1. The van der Waals surface area contributed by atoms with Crippen LogP contribution >= 0.6 is 0 Å². The van der Waals surface area contributed by atoms with Gasteiger partial charge in [0.2, 0.25) is 5.91 Å². The van der Waals surface area contributed by atoms with Crippen molar-refractivity contribution in [2.24, 2.45) is 5.92 Å². The Morgan fingerprint density at radius 2 is 2.25 bits per heavy atom. The molecular weight excluding hydrogens is 264 g/mol. The van der Waals surface area contributed by atoms with Crippen molar-refractivity contribution >= 4 is 5.91 Å². The molecule has 110 valence electrons. The van der Waals surface area contributed by atoms with E-state index in [0.29, 0.717) is 18.4 Å². The minimum absolute atomic E-state index is 0.0273. The summed E-state index contributed by atoms with van der Waals surface area (Å²) in [5.74, 6) is -1.72. The fourth-order valence-electron chi connectivity index (χ4n) is 2.47. The van der Waals surface area contributed by atoms with Gasteiger partial charge in [-0.15, -0.1) is 0 Å². The zero-order valence-corrected chi connectivity index (χ0v) is 11.4. The standard InChI is InChI=1S/C15H19F2NO2/c1-2-10(5-6-19)18-15(20)13-8-12(13)11-4-3-9(16)7-14(11)17/h3-4,7,10,12-13,19H,2,5-6,8H2,1H3,(H,18,20). The molecule has 5 heteroatoms. The lowest BCUT2D eigenvalue weighted by Crippen LogP contribution is -2.36. The van der Waals surface area contributed by atoms with Crippen LogP contribution in [0.25, 0.3) is 0 Å². The Bertz CT molecular complexity index is 493. The van der Waals surface area contributed by atoms with E-state index < -0.39 is 11.6 Å². The van der Waals surface area contributed by atoms with E-state index in [1.807, 2.05) is 6.92 Å². The van der Waals surface area contributed by atoms with Crippen molar-refractivity contribution in [1.29, 1.82) is 0 Å². The fraction of sp³-hybridized carbons (Fsp3) is 0.533. The van der Waals surface area contributed by atoms with E-state index in [2.05, 4.69) is 5.32 Å². The molecule has 3 atom stereocenters. The van der Waals surface area contributed by atoms with Crippen LogP contribution in [0.1, 0.15) is 37.7 Å². The molecule has 3 nitrogen and oxygen atoms in total. The third kappa shape index (κ3) is 3.33. The largest absolute Gasteiger partial charge is 0.396 e. The lowest BCUT2D eigenvalue weighted by atomic mass is 10.1. The number of aliphatic hydroxyl groups excluding tert-OH is 1. The van der Waals surface area contributed by atoms with Gasteiger partial charge >= 0.3 is 0 Å². The normalized spacial score (nSPS) is 22.4. The number of hydrogen-bond acceptors (Lipinski definition) is 2. The van der Waals surface area contributed by atoms with Crippen LogP contribution in [0.2, 0.25) is 0 Å². The van der Waals surface area contributed by atoms with E-state index in [-0.39, 0.29) is 30.4 Å². The van der Waals surface area contributed by atoms with E-state index in [0.717, 1.165) is 12.5 Å². The van der Waals surface area contributed by atoms with Crippen molar-refractivity contribution in [1.82, 2.24) is 5.32 Å². The van der Waals surface area contributed by atoms with Crippen molar-refractivity contribution in [2.75, 3.05) is 6.61 Å². The zero-order chi connectivity index (χ0) is 14.7. The van der Waals surface area contributed by atoms with Gasteiger partial charge in [0.15, 0.2) is 0 Å². The molecule has 3 unspecified atom stereocenters. The van der Waals surface area contributed by atoms with Gasteiger partial charge in [-0.1, -0.05) is 13.0 Å². The Balaban J connectivity index is 1.95. The monoisotopic (exact) mass is 283 g/mol. The first-order chi connectivity index (χ1) is 9.56. The maximum Gasteiger partial charge on any atom is 0.223 e. The Hall–Kier alpha value is -1.49. The Morgan fingerprint density at radius 3 is 2.85 bits per heavy atom. The Kier molecular flexibility index (Phi) is 4.70. The van der Waals surface area contributed by atoms with Gasteiger partial charge in [0.25, 0.3) is 0 Å². The van der Waals surface area contributed by atoms with Crippen molar-refractivity contribution in [3.8, 4) is 0 Å². The van der Waals surface area contributed by atoms with Gasteiger partial charge in [-0.25, -0.2) is 8.78 Å². The smallest absolute Gasteiger partial charge is 0.223 e. The second-order valence-corrected chi connectivity index (χ2v) is 5.24. The molecule has 0 aromatic heterocycles. The average Bonchev–Trinajstić information content (AvgIpc) is 3.18. The number of hydrogen-bond donors (Lipinski definition) is 2. The first kappa shape index (κ1) is 14.9. The minimum atomic E-state index is -0.609. The maximum atomic E-state index is 13.6. The number of benzene rings is 1. The maximum absolute atomic E-state index is 13.6. The number of carbonyl (C=O) groups excluding carboxylic acids is 1. The molecule has 2 rings (SSSR count). The summed E-state index contributed by atoms with van der Waals surface area (Å²) in [5, 5.41) is 11.8. The molecule has 1 saturated carbocycles.